The van der Waals surface area contributed by atoms with Crippen molar-refractivity contribution in [2.24, 2.45) is 0 Å². The van der Waals surface area contributed by atoms with E-state index in [1.165, 1.54) is 12.3 Å². The summed E-state index contributed by atoms with van der Waals surface area (Å²) in [6.45, 7) is 4.44. The molecule has 0 saturated heterocycles. The molecule has 0 fully saturated rings. The molecule has 0 bridgehead atoms. The number of rotatable bonds is 5. The van der Waals surface area contributed by atoms with Crippen LogP contribution in [0.25, 0.3) is 0 Å². The van der Waals surface area contributed by atoms with Gasteiger partial charge in [0.15, 0.2) is 5.69 Å². The topological polar surface area (TPSA) is 66.3 Å². The molecule has 0 radical (unpaired) electrons. The van der Waals surface area contributed by atoms with Gasteiger partial charge >= 0.3 is 0 Å². The molecule has 0 aliphatic rings. The molecule has 21 heavy (non-hydrogen) atoms. The third kappa shape index (κ3) is 3.56. The Morgan fingerprint density at radius 1 is 1.33 bits per heavy atom. The number of amides is 1. The number of hydrogen-bond acceptors (Lipinski definition) is 4. The molecule has 0 unspecified atom stereocenters. The van der Waals surface area contributed by atoms with Crippen LogP contribution in [0.1, 0.15) is 36.3 Å². The van der Waals surface area contributed by atoms with Gasteiger partial charge in [-0.15, -0.1) is 0 Å². The van der Waals surface area contributed by atoms with Crippen molar-refractivity contribution in [2.45, 2.75) is 32.9 Å². The molecule has 0 aliphatic heterocycles. The molecule has 1 atom stereocenters. The second kappa shape index (κ2) is 6.83. The Labute approximate surface area is 124 Å². The second-order valence-corrected chi connectivity index (χ2v) is 4.92. The van der Waals surface area contributed by atoms with Gasteiger partial charge in [-0.2, -0.15) is 0 Å². The number of aromatic nitrogens is 2. The lowest BCUT2D eigenvalue weighted by Gasteiger charge is -2.28. The van der Waals surface area contributed by atoms with Crippen molar-refractivity contribution in [1.82, 2.24) is 14.9 Å². The van der Waals surface area contributed by atoms with Crippen LogP contribution >= 0.6 is 0 Å². The van der Waals surface area contributed by atoms with Gasteiger partial charge in [-0.3, -0.25) is 9.78 Å². The van der Waals surface area contributed by atoms with Crippen molar-refractivity contribution in [3.63, 3.8) is 0 Å². The van der Waals surface area contributed by atoms with Crippen LogP contribution in [0.4, 0.5) is 0 Å². The van der Waals surface area contributed by atoms with Gasteiger partial charge < -0.3 is 10.0 Å². The van der Waals surface area contributed by atoms with Gasteiger partial charge in [0, 0.05) is 31.2 Å². The molecule has 0 spiro atoms. The van der Waals surface area contributed by atoms with E-state index >= 15 is 0 Å². The first-order valence-corrected chi connectivity index (χ1v) is 6.97. The largest absolute Gasteiger partial charge is 0.505 e. The first-order valence-electron chi connectivity index (χ1n) is 6.97. The van der Waals surface area contributed by atoms with Gasteiger partial charge in [-0.25, -0.2) is 4.98 Å². The quantitative estimate of drug-likeness (QED) is 0.917. The summed E-state index contributed by atoms with van der Waals surface area (Å²) in [5.74, 6) is -0.367. The molecular weight excluding hydrogens is 266 g/mol. The van der Waals surface area contributed by atoms with Crippen LogP contribution in [0.3, 0.4) is 0 Å². The molecule has 0 saturated carbocycles. The van der Waals surface area contributed by atoms with Crippen LogP contribution in [0, 0.1) is 0 Å². The monoisotopic (exact) mass is 285 g/mol. The first-order chi connectivity index (χ1) is 10.1. The molecule has 1 N–H and O–H groups in total. The number of nitrogens with zero attached hydrogens (tertiary/aromatic N) is 3. The van der Waals surface area contributed by atoms with Gasteiger partial charge in [0.1, 0.15) is 5.75 Å². The van der Waals surface area contributed by atoms with E-state index in [1.807, 2.05) is 26.0 Å². The highest BCUT2D eigenvalue weighted by molar-refractivity contribution is 5.94. The molecule has 2 heterocycles. The van der Waals surface area contributed by atoms with E-state index in [0.29, 0.717) is 6.54 Å². The fraction of sp³-hybridized carbons (Fsp3) is 0.312. The molecule has 0 aromatic carbocycles. The van der Waals surface area contributed by atoms with Gasteiger partial charge in [0.2, 0.25) is 0 Å². The lowest BCUT2D eigenvalue weighted by atomic mass is 10.1. The van der Waals surface area contributed by atoms with E-state index in [1.54, 1.807) is 23.4 Å². The summed E-state index contributed by atoms with van der Waals surface area (Å²) in [5, 5.41) is 9.83. The molecule has 110 valence electrons. The maximum Gasteiger partial charge on any atom is 0.276 e. The van der Waals surface area contributed by atoms with Gasteiger partial charge in [-0.05, 0) is 37.1 Å². The van der Waals surface area contributed by atoms with E-state index < -0.39 is 0 Å². The van der Waals surface area contributed by atoms with Crippen molar-refractivity contribution in [1.29, 1.82) is 0 Å². The summed E-state index contributed by atoms with van der Waals surface area (Å²) in [7, 11) is 0. The first kappa shape index (κ1) is 15.0. The van der Waals surface area contributed by atoms with Crippen molar-refractivity contribution in [2.75, 3.05) is 0 Å². The predicted molar refractivity (Wildman–Crippen MR) is 79.8 cm³/mol. The van der Waals surface area contributed by atoms with E-state index in [-0.39, 0.29) is 23.4 Å². The Morgan fingerprint density at radius 2 is 2.10 bits per heavy atom. The minimum absolute atomic E-state index is 0.0408. The van der Waals surface area contributed by atoms with E-state index in [4.69, 9.17) is 0 Å². The Kier molecular flexibility index (Phi) is 4.87. The Morgan fingerprint density at radius 3 is 2.71 bits per heavy atom. The van der Waals surface area contributed by atoms with Crippen LogP contribution in [0.15, 0.2) is 42.9 Å². The van der Waals surface area contributed by atoms with Crippen LogP contribution in [-0.4, -0.2) is 31.9 Å². The van der Waals surface area contributed by atoms with Gasteiger partial charge in [-0.1, -0.05) is 13.0 Å². The number of pyridine rings is 2. The summed E-state index contributed by atoms with van der Waals surface area (Å²) < 4.78 is 0. The Balaban J connectivity index is 2.28. The maximum absolute atomic E-state index is 12.7. The van der Waals surface area contributed by atoms with Gasteiger partial charge in [0.05, 0.1) is 0 Å². The van der Waals surface area contributed by atoms with Gasteiger partial charge in [0.25, 0.3) is 5.91 Å². The number of carbonyl (C=O) groups excluding carboxylic acids is 1. The average Bonchev–Trinajstić information content (AvgIpc) is 2.53. The minimum Gasteiger partial charge on any atom is -0.505 e. The second-order valence-electron chi connectivity index (χ2n) is 4.92. The molecule has 2 aromatic rings. The van der Waals surface area contributed by atoms with E-state index in [9.17, 15) is 9.90 Å². The van der Waals surface area contributed by atoms with Crippen molar-refractivity contribution in [3.8, 4) is 5.75 Å². The summed E-state index contributed by atoms with van der Waals surface area (Å²) in [6.07, 6.45) is 5.76. The zero-order valence-corrected chi connectivity index (χ0v) is 12.2. The number of aromatic hydroxyl groups is 1. The van der Waals surface area contributed by atoms with Crippen LogP contribution < -0.4 is 0 Å². The minimum atomic E-state index is -0.272. The molecule has 2 rings (SSSR count). The zero-order valence-electron chi connectivity index (χ0n) is 12.2. The summed E-state index contributed by atoms with van der Waals surface area (Å²) in [6, 6.07) is 6.87. The molecular formula is C16H19N3O2. The number of carbonyl (C=O) groups is 1. The fourth-order valence-electron chi connectivity index (χ4n) is 2.03. The van der Waals surface area contributed by atoms with Crippen molar-refractivity contribution in [3.05, 3.63) is 54.1 Å². The van der Waals surface area contributed by atoms with Crippen molar-refractivity contribution >= 4 is 5.91 Å². The smallest absolute Gasteiger partial charge is 0.276 e. The van der Waals surface area contributed by atoms with Crippen LogP contribution in [-0.2, 0) is 6.54 Å². The molecule has 0 aliphatic carbocycles. The maximum atomic E-state index is 12.7. The fourth-order valence-corrected chi connectivity index (χ4v) is 2.03. The summed E-state index contributed by atoms with van der Waals surface area (Å²) in [5.41, 5.74) is 1.03. The standard InChI is InChI=1S/C16H19N3O2/c1-3-12(2)19(11-13-6-4-8-17-10-13)16(21)15-14(20)7-5-9-18-15/h4-10,12,20H,3,11H2,1-2H3/t12-/m0/s1. The zero-order chi connectivity index (χ0) is 15.2. The third-order valence-electron chi connectivity index (χ3n) is 3.45. The van der Waals surface area contributed by atoms with Crippen molar-refractivity contribution < 1.29 is 9.90 Å². The SMILES string of the molecule is CC[C@H](C)N(Cc1cccnc1)C(=O)c1ncccc1O. The molecule has 1 amide bonds. The third-order valence-corrected chi connectivity index (χ3v) is 3.45. The summed E-state index contributed by atoms with van der Waals surface area (Å²) >= 11 is 0. The molecule has 2 aromatic heterocycles. The molecule has 5 nitrogen and oxygen atoms in total. The number of hydrogen-bond donors (Lipinski definition) is 1. The van der Waals surface area contributed by atoms with Crippen LogP contribution in [0.5, 0.6) is 5.75 Å². The van der Waals surface area contributed by atoms with E-state index in [0.717, 1.165) is 12.0 Å². The lowest BCUT2D eigenvalue weighted by Crippen LogP contribution is -2.38. The van der Waals surface area contributed by atoms with E-state index in [2.05, 4.69) is 9.97 Å². The highest BCUT2D eigenvalue weighted by Crippen LogP contribution is 2.19. The highest BCUT2D eigenvalue weighted by Gasteiger charge is 2.24. The summed E-state index contributed by atoms with van der Waals surface area (Å²) in [4.78, 5) is 22.4. The molecule has 5 heteroatoms. The average molecular weight is 285 g/mol. The predicted octanol–water partition coefficient (Wildman–Crippen LogP) is 2.62. The normalized spacial score (nSPS) is 11.9. The Hall–Kier alpha value is -2.43. The highest BCUT2D eigenvalue weighted by atomic mass is 16.3. The van der Waals surface area contributed by atoms with Crippen LogP contribution in [0.2, 0.25) is 0 Å². The lowest BCUT2D eigenvalue weighted by molar-refractivity contribution is 0.0662. The Bertz CT molecular complexity index is 601.